The quantitative estimate of drug-likeness (QED) is 0.646. The molecule has 6 heteroatoms. The van der Waals surface area contributed by atoms with E-state index in [1.807, 2.05) is 0 Å². The summed E-state index contributed by atoms with van der Waals surface area (Å²) in [5, 5.41) is 11.0. The first-order valence-electron chi connectivity index (χ1n) is 4.27. The van der Waals surface area contributed by atoms with Crippen molar-refractivity contribution in [2.24, 2.45) is 0 Å². The Morgan fingerprint density at radius 3 is 3.21 bits per heavy atom. The molecule has 1 aromatic rings. The van der Waals surface area contributed by atoms with E-state index in [9.17, 15) is 4.79 Å². The Kier molecular flexibility index (Phi) is 3.93. The number of H-pyrrole nitrogens is 1. The fraction of sp³-hybridized carbons (Fsp3) is 0.500. The normalized spacial score (nSPS) is 12.1. The molecule has 0 aliphatic rings. The monoisotopic (exact) mass is 199 g/mol. The third kappa shape index (κ3) is 3.06. The minimum absolute atomic E-state index is 0.00327. The minimum atomic E-state index is -0.567. The van der Waals surface area contributed by atoms with Crippen molar-refractivity contribution in [3.8, 4) is 0 Å². The van der Waals surface area contributed by atoms with E-state index in [1.165, 1.54) is 0 Å². The van der Waals surface area contributed by atoms with Crippen LogP contribution >= 0.6 is 0 Å². The summed E-state index contributed by atoms with van der Waals surface area (Å²) < 4.78 is 4.62. The van der Waals surface area contributed by atoms with Gasteiger partial charge in [0, 0.05) is 12.4 Å². The molecule has 1 unspecified atom stereocenters. The zero-order valence-corrected chi connectivity index (χ0v) is 7.86. The molecule has 1 atom stereocenters. The smallest absolute Gasteiger partial charge is 0.407 e. The molecular formula is C8H13N3O3. The number of aromatic amines is 1. The third-order valence-electron chi connectivity index (χ3n) is 1.59. The fourth-order valence-corrected chi connectivity index (χ4v) is 0.939. The largest absolute Gasteiger partial charge is 0.447 e. The Hall–Kier alpha value is -1.56. The summed E-state index contributed by atoms with van der Waals surface area (Å²) in [6.07, 6.45) is 2.71. The van der Waals surface area contributed by atoms with Gasteiger partial charge < -0.3 is 20.1 Å². The number of nitrogens with zero attached hydrogens (tertiary/aromatic N) is 1. The molecule has 0 saturated heterocycles. The van der Waals surface area contributed by atoms with Crippen molar-refractivity contribution < 1.29 is 14.6 Å². The molecule has 78 valence electrons. The van der Waals surface area contributed by atoms with Crippen molar-refractivity contribution in [3.63, 3.8) is 0 Å². The highest BCUT2D eigenvalue weighted by Gasteiger charge is 2.11. The molecule has 14 heavy (non-hydrogen) atoms. The van der Waals surface area contributed by atoms with Gasteiger partial charge in [-0.1, -0.05) is 0 Å². The first kappa shape index (κ1) is 10.5. The third-order valence-corrected chi connectivity index (χ3v) is 1.59. The molecule has 0 bridgehead atoms. The van der Waals surface area contributed by atoms with E-state index < -0.39 is 6.09 Å². The zero-order valence-electron chi connectivity index (χ0n) is 7.86. The Morgan fingerprint density at radius 1 is 1.86 bits per heavy atom. The van der Waals surface area contributed by atoms with Crippen molar-refractivity contribution in [1.82, 2.24) is 15.3 Å². The van der Waals surface area contributed by atoms with E-state index in [0.29, 0.717) is 5.82 Å². The number of aliphatic hydroxyl groups excluding tert-OH is 1. The van der Waals surface area contributed by atoms with Crippen LogP contribution in [0.2, 0.25) is 0 Å². The van der Waals surface area contributed by atoms with Crippen LogP contribution in [-0.4, -0.2) is 34.4 Å². The van der Waals surface area contributed by atoms with Crippen molar-refractivity contribution in [2.45, 2.75) is 13.0 Å². The number of hydrogen-bond acceptors (Lipinski definition) is 4. The number of imidazole rings is 1. The maximum absolute atomic E-state index is 11.0. The van der Waals surface area contributed by atoms with Gasteiger partial charge in [0.1, 0.15) is 12.4 Å². The van der Waals surface area contributed by atoms with Gasteiger partial charge in [0.15, 0.2) is 0 Å². The second kappa shape index (κ2) is 5.23. The van der Waals surface area contributed by atoms with E-state index in [0.717, 1.165) is 0 Å². The predicted octanol–water partition coefficient (Wildman–Crippen LogP) is 0.189. The van der Waals surface area contributed by atoms with E-state index in [4.69, 9.17) is 5.11 Å². The lowest BCUT2D eigenvalue weighted by Crippen LogP contribution is -2.28. The molecule has 0 radical (unpaired) electrons. The van der Waals surface area contributed by atoms with Gasteiger partial charge in [0.2, 0.25) is 0 Å². The summed E-state index contributed by atoms with van der Waals surface area (Å²) in [4.78, 5) is 17.9. The molecule has 0 fully saturated rings. The van der Waals surface area contributed by atoms with Crippen molar-refractivity contribution in [2.75, 3.05) is 13.2 Å². The second-order valence-electron chi connectivity index (χ2n) is 2.70. The van der Waals surface area contributed by atoms with Crippen molar-refractivity contribution in [1.29, 1.82) is 0 Å². The summed E-state index contributed by atoms with van der Waals surface area (Å²) in [7, 11) is 0. The van der Waals surface area contributed by atoms with Crippen molar-refractivity contribution in [3.05, 3.63) is 18.2 Å². The van der Waals surface area contributed by atoms with Crippen LogP contribution in [0.4, 0.5) is 4.79 Å². The highest BCUT2D eigenvalue weighted by atomic mass is 16.6. The molecule has 1 rings (SSSR count). The molecular weight excluding hydrogens is 186 g/mol. The second-order valence-corrected chi connectivity index (χ2v) is 2.70. The van der Waals surface area contributed by atoms with Crippen LogP contribution < -0.4 is 5.32 Å². The first-order chi connectivity index (χ1) is 6.74. The number of carbonyl (C=O) groups excluding carboxylic acids is 1. The van der Waals surface area contributed by atoms with Crippen LogP contribution in [0.1, 0.15) is 18.8 Å². The Labute approximate surface area is 81.3 Å². The number of alkyl carbamates (subject to hydrolysis) is 1. The number of ether oxygens (including phenoxy) is 1. The maximum Gasteiger partial charge on any atom is 0.407 e. The lowest BCUT2D eigenvalue weighted by molar-refractivity contribution is 0.116. The van der Waals surface area contributed by atoms with Gasteiger partial charge in [-0.15, -0.1) is 0 Å². The van der Waals surface area contributed by atoms with Gasteiger partial charge in [0.25, 0.3) is 0 Å². The molecule has 0 spiro atoms. The molecule has 0 aliphatic heterocycles. The van der Waals surface area contributed by atoms with E-state index in [1.54, 1.807) is 19.3 Å². The maximum atomic E-state index is 11.0. The van der Waals surface area contributed by atoms with Crippen LogP contribution in [0.3, 0.4) is 0 Å². The van der Waals surface area contributed by atoms with Gasteiger partial charge >= 0.3 is 6.09 Å². The summed E-state index contributed by atoms with van der Waals surface area (Å²) in [6.45, 7) is 1.60. The molecule has 1 aromatic heterocycles. The summed E-state index contributed by atoms with van der Waals surface area (Å²) in [5.41, 5.74) is 0. The number of amides is 1. The van der Waals surface area contributed by atoms with Gasteiger partial charge in [-0.05, 0) is 6.92 Å². The van der Waals surface area contributed by atoms with E-state index in [2.05, 4.69) is 20.0 Å². The van der Waals surface area contributed by atoms with E-state index >= 15 is 0 Å². The highest BCUT2D eigenvalue weighted by molar-refractivity contribution is 5.67. The lowest BCUT2D eigenvalue weighted by Gasteiger charge is -2.10. The fourth-order valence-electron chi connectivity index (χ4n) is 0.939. The average molecular weight is 199 g/mol. The van der Waals surface area contributed by atoms with Gasteiger partial charge in [-0.2, -0.15) is 0 Å². The summed E-state index contributed by atoms with van der Waals surface area (Å²) in [6, 6.07) is -0.240. The standard InChI is InChI=1S/C8H13N3O3/c1-6(7-9-2-3-10-7)11-8(13)14-5-4-12/h2-3,6,12H,4-5H2,1H3,(H,9,10)(H,11,13). The SMILES string of the molecule is CC(NC(=O)OCCO)c1ncc[nH]1. The summed E-state index contributed by atoms with van der Waals surface area (Å²) in [5.74, 6) is 0.658. The highest BCUT2D eigenvalue weighted by Crippen LogP contribution is 2.04. The number of hydrogen-bond donors (Lipinski definition) is 3. The molecule has 3 N–H and O–H groups in total. The molecule has 6 nitrogen and oxygen atoms in total. The van der Waals surface area contributed by atoms with Crippen LogP contribution in [0.25, 0.3) is 0 Å². The Bertz CT molecular complexity index is 273. The Balaban J connectivity index is 2.33. The van der Waals surface area contributed by atoms with Crippen LogP contribution in [-0.2, 0) is 4.74 Å². The topological polar surface area (TPSA) is 87.2 Å². The summed E-state index contributed by atoms with van der Waals surface area (Å²) >= 11 is 0. The van der Waals surface area contributed by atoms with Gasteiger partial charge in [-0.25, -0.2) is 9.78 Å². The first-order valence-corrected chi connectivity index (χ1v) is 4.27. The number of carbonyl (C=O) groups is 1. The van der Waals surface area contributed by atoms with Crippen molar-refractivity contribution >= 4 is 6.09 Å². The number of aromatic nitrogens is 2. The van der Waals surface area contributed by atoms with E-state index in [-0.39, 0.29) is 19.3 Å². The predicted molar refractivity (Wildman–Crippen MR) is 48.6 cm³/mol. The number of nitrogens with one attached hydrogen (secondary N) is 2. The minimum Gasteiger partial charge on any atom is -0.447 e. The van der Waals surface area contributed by atoms with Gasteiger partial charge in [-0.3, -0.25) is 0 Å². The lowest BCUT2D eigenvalue weighted by atomic mass is 10.3. The molecule has 1 heterocycles. The van der Waals surface area contributed by atoms with Crippen LogP contribution in [0.5, 0.6) is 0 Å². The average Bonchev–Trinajstić information content (AvgIpc) is 2.67. The molecule has 0 aliphatic carbocycles. The molecule has 0 saturated carbocycles. The van der Waals surface area contributed by atoms with Crippen LogP contribution in [0.15, 0.2) is 12.4 Å². The zero-order chi connectivity index (χ0) is 10.4. The Morgan fingerprint density at radius 2 is 2.64 bits per heavy atom. The molecule has 1 amide bonds. The number of rotatable bonds is 4. The van der Waals surface area contributed by atoms with Crippen LogP contribution in [0, 0.1) is 0 Å². The number of aliphatic hydroxyl groups is 1. The van der Waals surface area contributed by atoms with Gasteiger partial charge in [0.05, 0.1) is 12.6 Å². The molecule has 0 aromatic carbocycles.